The third kappa shape index (κ3) is 9.67. The van der Waals surface area contributed by atoms with Crippen LogP contribution in [-0.2, 0) is 23.8 Å². The SMILES string of the molecule is COC1/C=C/OC2(C)Oc3c(C)c(O)c4c(O)c(c(/C=N/N(C)CCN(C)C)c(O)c4c3C2=O)NC(=O)C(C)=C/C=C/C(C)C(O)C(C)C(O)C(C)C(OC(C)=O)C1C. The molecule has 1 amide bonds. The molecule has 0 saturated heterocycles. The summed E-state index contributed by atoms with van der Waals surface area (Å²) in [5.41, 5.74) is -0.432. The summed E-state index contributed by atoms with van der Waals surface area (Å²) in [6.45, 7) is 13.6. The number of fused-ring (bicyclic) bond motifs is 14. The molecule has 3 aliphatic heterocycles. The lowest BCUT2D eigenvalue weighted by molar-refractivity contribution is -0.160. The van der Waals surface area contributed by atoms with E-state index in [-0.39, 0.29) is 44.5 Å². The molecule has 3 heterocycles. The van der Waals surface area contributed by atoms with Gasteiger partial charge in [0.2, 0.25) is 0 Å². The molecule has 9 unspecified atom stereocenters. The molecule has 2 aromatic carbocycles. The van der Waals surface area contributed by atoms with Crippen LogP contribution in [0.25, 0.3) is 10.8 Å². The van der Waals surface area contributed by atoms with Crippen LogP contribution in [0.2, 0.25) is 0 Å². The Kier molecular flexibility index (Phi) is 14.8. The number of amides is 1. The van der Waals surface area contributed by atoms with Gasteiger partial charge < -0.3 is 54.7 Å². The van der Waals surface area contributed by atoms with E-state index in [0.717, 1.165) is 0 Å². The van der Waals surface area contributed by atoms with E-state index >= 15 is 0 Å². The first-order valence-corrected chi connectivity index (χ1v) is 19.6. The highest BCUT2D eigenvalue weighted by Crippen LogP contribution is 2.55. The minimum absolute atomic E-state index is 0.0476. The number of benzene rings is 2. The number of carbonyl (C=O) groups is 3. The lowest BCUT2D eigenvalue weighted by Gasteiger charge is -2.38. The predicted molar refractivity (Wildman–Crippen MR) is 223 cm³/mol. The minimum Gasteiger partial charge on any atom is -0.507 e. The van der Waals surface area contributed by atoms with Gasteiger partial charge in [-0.05, 0) is 34.0 Å². The van der Waals surface area contributed by atoms with Crippen molar-refractivity contribution in [2.24, 2.45) is 28.8 Å². The molecule has 0 aliphatic carbocycles. The van der Waals surface area contributed by atoms with Gasteiger partial charge in [-0.15, -0.1) is 0 Å². The Balaban J connectivity index is 1.97. The van der Waals surface area contributed by atoms with Crippen molar-refractivity contribution in [3.8, 4) is 23.0 Å². The Morgan fingerprint density at radius 2 is 1.61 bits per heavy atom. The number of methoxy groups -OCH3 is 1. The average molecular weight is 825 g/mol. The number of Topliss-reactive ketones (excluding diaryl/α,β-unsaturated/α-hetero) is 1. The number of hydrogen-bond donors (Lipinski definition) is 6. The number of aliphatic hydroxyl groups is 2. The van der Waals surface area contributed by atoms with Crippen molar-refractivity contribution in [3.63, 3.8) is 0 Å². The molecule has 0 spiro atoms. The lowest BCUT2D eigenvalue weighted by Crippen LogP contribution is -2.46. The monoisotopic (exact) mass is 824 g/mol. The maximum Gasteiger partial charge on any atom is 0.312 e. The van der Waals surface area contributed by atoms with Crippen molar-refractivity contribution in [2.75, 3.05) is 46.7 Å². The molecule has 5 rings (SSSR count). The number of allylic oxidation sites excluding steroid dienone is 2. The molecule has 0 radical (unpaired) electrons. The van der Waals surface area contributed by atoms with E-state index in [9.17, 15) is 39.9 Å². The quantitative estimate of drug-likeness (QED) is 0.0741. The first-order chi connectivity index (χ1) is 27.6. The largest absolute Gasteiger partial charge is 0.507 e. The standard InChI is InChI=1S/C43H60N4O12/c1-21-14-13-15-22(2)42(55)45-33-28(20-44-47(11)18-17-46(9)10)37(52)30-31(38(33)53)36(51)26(6)40-32(30)41(54)43(8,59-40)57-19-16-29(56-12)23(3)39(58-27(7)48)25(5)35(50)24(4)34(21)49/h13-16,19-21,23-25,29,34-35,39,49-53H,17-18H2,1-12H3,(H,45,55)/b14-13+,19-16+,22-15?,44-20+. The van der Waals surface area contributed by atoms with Crippen molar-refractivity contribution in [3.05, 3.63) is 52.8 Å². The number of likely N-dealkylation sites (N-methyl/N-ethyl adjacent to an activating group) is 2. The number of phenols is 3. The van der Waals surface area contributed by atoms with Gasteiger partial charge in [-0.25, -0.2) is 0 Å². The first kappa shape index (κ1) is 46.5. The normalized spacial score (nSPS) is 29.3. The van der Waals surface area contributed by atoms with Gasteiger partial charge in [-0.1, -0.05) is 45.9 Å². The van der Waals surface area contributed by atoms with Crippen LogP contribution < -0.4 is 10.1 Å². The van der Waals surface area contributed by atoms with E-state index in [4.69, 9.17) is 18.9 Å². The van der Waals surface area contributed by atoms with Crippen molar-refractivity contribution in [1.82, 2.24) is 9.91 Å². The van der Waals surface area contributed by atoms with Gasteiger partial charge in [-0.2, -0.15) is 5.10 Å². The van der Waals surface area contributed by atoms with Crippen molar-refractivity contribution >= 4 is 40.3 Å². The van der Waals surface area contributed by atoms with Crippen LogP contribution in [0.3, 0.4) is 0 Å². The van der Waals surface area contributed by atoms with Crippen LogP contribution in [0.4, 0.5) is 5.69 Å². The maximum absolute atomic E-state index is 14.4. The first-order valence-electron chi connectivity index (χ1n) is 19.6. The van der Waals surface area contributed by atoms with Gasteiger partial charge in [0.05, 0.1) is 53.0 Å². The Morgan fingerprint density at radius 1 is 0.949 bits per heavy atom. The van der Waals surface area contributed by atoms with Gasteiger partial charge >= 0.3 is 11.8 Å². The molecule has 0 aromatic heterocycles. The van der Waals surface area contributed by atoms with Crippen LogP contribution in [-0.4, -0.2) is 131 Å². The number of aliphatic hydroxyl groups excluding tert-OH is 2. The number of rotatable bonds is 7. The van der Waals surface area contributed by atoms with E-state index in [1.807, 2.05) is 19.0 Å². The van der Waals surface area contributed by atoms with Crippen LogP contribution in [0.15, 0.2) is 41.2 Å². The predicted octanol–water partition coefficient (Wildman–Crippen LogP) is 4.58. The third-order valence-electron chi connectivity index (χ3n) is 11.3. The second-order valence-corrected chi connectivity index (χ2v) is 16.0. The molecule has 2 aromatic rings. The van der Waals surface area contributed by atoms with Crippen LogP contribution >= 0.6 is 0 Å². The molecular weight excluding hydrogens is 764 g/mol. The summed E-state index contributed by atoms with van der Waals surface area (Å²) >= 11 is 0. The fourth-order valence-corrected chi connectivity index (χ4v) is 7.43. The zero-order chi connectivity index (χ0) is 44.3. The fraction of sp³-hybridized carbons (Fsp3) is 0.535. The number of phenolic OH excluding ortho intramolecular Hbond substituents is 3. The summed E-state index contributed by atoms with van der Waals surface area (Å²) < 4.78 is 23.6. The van der Waals surface area contributed by atoms with Crippen molar-refractivity contribution < 1.29 is 58.9 Å². The van der Waals surface area contributed by atoms with Gasteiger partial charge in [0.25, 0.3) is 11.7 Å². The van der Waals surface area contributed by atoms with Gasteiger partial charge in [-0.3, -0.25) is 19.4 Å². The smallest absolute Gasteiger partial charge is 0.312 e. The minimum atomic E-state index is -2.05. The second kappa shape index (κ2) is 18.8. The molecule has 16 heteroatoms. The summed E-state index contributed by atoms with van der Waals surface area (Å²) in [4.78, 5) is 42.4. The summed E-state index contributed by atoms with van der Waals surface area (Å²) in [7, 11) is 6.93. The van der Waals surface area contributed by atoms with Gasteiger partial charge in [0, 0.05) is 81.3 Å². The summed E-state index contributed by atoms with van der Waals surface area (Å²) in [5, 5.41) is 66.4. The van der Waals surface area contributed by atoms with Gasteiger partial charge in [0.15, 0.2) is 5.75 Å². The molecule has 9 atom stereocenters. The Labute approximate surface area is 345 Å². The number of esters is 1. The zero-order valence-corrected chi connectivity index (χ0v) is 35.9. The number of carbonyl (C=O) groups excluding carboxylic acids is 3. The number of ketones is 1. The number of hydrazone groups is 1. The van der Waals surface area contributed by atoms with E-state index < -0.39 is 88.8 Å². The van der Waals surface area contributed by atoms with E-state index in [2.05, 4.69) is 10.4 Å². The topological polar surface area (TPSA) is 220 Å². The molecule has 6 N–H and O–H groups in total. The molecule has 0 fully saturated rings. The molecule has 324 valence electrons. The number of nitrogens with one attached hydrogen (secondary N) is 1. The Hall–Kier alpha value is -5.16. The fourth-order valence-electron chi connectivity index (χ4n) is 7.43. The van der Waals surface area contributed by atoms with Crippen LogP contribution in [0, 0.1) is 30.6 Å². The summed E-state index contributed by atoms with van der Waals surface area (Å²) in [5.74, 6) is -8.45. The molecule has 59 heavy (non-hydrogen) atoms. The van der Waals surface area contributed by atoms with Crippen LogP contribution in [0.5, 0.6) is 23.0 Å². The maximum atomic E-state index is 14.4. The number of hydrogen-bond acceptors (Lipinski definition) is 15. The summed E-state index contributed by atoms with van der Waals surface area (Å²) in [6.07, 6.45) is 4.76. The number of ether oxygens (including phenoxy) is 4. The molecule has 3 aliphatic rings. The average Bonchev–Trinajstić information content (AvgIpc) is 3.45. The zero-order valence-electron chi connectivity index (χ0n) is 35.9. The van der Waals surface area contributed by atoms with Crippen molar-refractivity contribution in [1.29, 1.82) is 0 Å². The molecule has 0 saturated carbocycles. The van der Waals surface area contributed by atoms with Crippen molar-refractivity contribution in [2.45, 2.75) is 85.6 Å². The Morgan fingerprint density at radius 3 is 2.22 bits per heavy atom. The Bertz CT molecular complexity index is 2040. The van der Waals surface area contributed by atoms with E-state index in [1.165, 1.54) is 59.4 Å². The number of nitrogens with zero attached hydrogens (tertiary/aromatic N) is 3. The third-order valence-corrected chi connectivity index (χ3v) is 11.3. The lowest BCUT2D eigenvalue weighted by atomic mass is 9.78. The second-order valence-electron chi connectivity index (χ2n) is 16.0. The van der Waals surface area contributed by atoms with E-state index in [1.54, 1.807) is 51.9 Å². The van der Waals surface area contributed by atoms with Crippen LogP contribution in [0.1, 0.15) is 70.0 Å². The highest BCUT2D eigenvalue weighted by molar-refractivity contribution is 6.23. The van der Waals surface area contributed by atoms with E-state index in [0.29, 0.717) is 13.1 Å². The molecule has 5 bridgehead atoms. The molecular formula is C43H60N4O12. The highest BCUT2D eigenvalue weighted by atomic mass is 16.7. The number of anilines is 1. The molecule has 16 nitrogen and oxygen atoms in total. The highest BCUT2D eigenvalue weighted by Gasteiger charge is 2.50. The summed E-state index contributed by atoms with van der Waals surface area (Å²) in [6, 6.07) is 0. The number of aromatic hydroxyl groups is 3. The van der Waals surface area contributed by atoms with Gasteiger partial charge in [0.1, 0.15) is 23.4 Å².